The van der Waals surface area contributed by atoms with Gasteiger partial charge >= 0.3 is 5.97 Å². The molecule has 0 fully saturated rings. The third kappa shape index (κ3) is 4.72. The fourth-order valence-electron chi connectivity index (χ4n) is 2.57. The SMILES string of the molecule is CCOC(=O)/C(C=Nc1ccc2ccccc2c1)=C(/O)c1cc(F)c(Cl)nc1Cl. The number of carbonyl (C=O) groups is 1. The zero-order valence-electron chi connectivity index (χ0n) is 15.2. The summed E-state index contributed by atoms with van der Waals surface area (Å²) in [6.45, 7) is 1.68. The summed E-state index contributed by atoms with van der Waals surface area (Å²) in [5.74, 6) is -2.37. The summed E-state index contributed by atoms with van der Waals surface area (Å²) in [4.78, 5) is 20.2. The van der Waals surface area contributed by atoms with Crippen LogP contribution in [0.1, 0.15) is 12.5 Å². The molecule has 0 aliphatic rings. The van der Waals surface area contributed by atoms with E-state index < -0.39 is 22.7 Å². The lowest BCUT2D eigenvalue weighted by Crippen LogP contribution is -2.11. The van der Waals surface area contributed by atoms with E-state index >= 15 is 0 Å². The molecule has 148 valence electrons. The van der Waals surface area contributed by atoms with Crippen LogP contribution in [0.4, 0.5) is 10.1 Å². The van der Waals surface area contributed by atoms with Gasteiger partial charge in [0.2, 0.25) is 0 Å². The Labute approximate surface area is 176 Å². The van der Waals surface area contributed by atoms with Gasteiger partial charge < -0.3 is 9.84 Å². The van der Waals surface area contributed by atoms with Gasteiger partial charge in [-0.1, -0.05) is 53.5 Å². The van der Waals surface area contributed by atoms with Crippen molar-refractivity contribution >= 4 is 57.6 Å². The minimum absolute atomic E-state index is 0.0698. The molecule has 0 aliphatic heterocycles. The highest BCUT2D eigenvalue weighted by Gasteiger charge is 2.20. The Hall–Kier alpha value is -2.96. The standard InChI is InChI=1S/C21H15Cl2FN2O3/c1-2-29-21(28)16(18(27)15-10-17(24)20(23)26-19(15)22)11-25-14-8-7-12-5-3-4-6-13(12)9-14/h3-11,27H,2H2,1H3/b18-16+,25-11?. The third-order valence-corrected chi connectivity index (χ3v) is 4.52. The van der Waals surface area contributed by atoms with Gasteiger partial charge in [-0.2, -0.15) is 0 Å². The molecule has 0 spiro atoms. The van der Waals surface area contributed by atoms with Crippen LogP contribution in [-0.2, 0) is 9.53 Å². The van der Waals surface area contributed by atoms with E-state index in [0.717, 1.165) is 23.1 Å². The Morgan fingerprint density at radius 1 is 1.17 bits per heavy atom. The molecule has 0 unspecified atom stereocenters. The fourth-order valence-corrected chi connectivity index (χ4v) is 2.98. The number of carbonyl (C=O) groups excluding carboxylic acids is 1. The molecule has 0 aliphatic carbocycles. The summed E-state index contributed by atoms with van der Waals surface area (Å²) in [7, 11) is 0. The van der Waals surface area contributed by atoms with E-state index in [-0.39, 0.29) is 22.9 Å². The molecule has 2 aromatic carbocycles. The first-order chi connectivity index (χ1) is 13.9. The van der Waals surface area contributed by atoms with Crippen LogP contribution in [0.15, 0.2) is 59.1 Å². The first kappa shape index (κ1) is 20.8. The number of pyridine rings is 1. The van der Waals surface area contributed by atoms with Crippen LogP contribution >= 0.6 is 23.2 Å². The smallest absolute Gasteiger partial charge is 0.343 e. The Balaban J connectivity index is 2.06. The van der Waals surface area contributed by atoms with Crippen LogP contribution in [0.3, 0.4) is 0 Å². The average molecular weight is 433 g/mol. The van der Waals surface area contributed by atoms with Crippen molar-refractivity contribution in [2.24, 2.45) is 4.99 Å². The molecule has 5 nitrogen and oxygen atoms in total. The van der Waals surface area contributed by atoms with Crippen LogP contribution in [0.2, 0.25) is 10.3 Å². The van der Waals surface area contributed by atoms with E-state index in [0.29, 0.717) is 5.69 Å². The molecule has 29 heavy (non-hydrogen) atoms. The van der Waals surface area contributed by atoms with E-state index in [9.17, 15) is 14.3 Å². The number of nitrogens with zero attached hydrogens (tertiary/aromatic N) is 2. The number of aromatic nitrogens is 1. The van der Waals surface area contributed by atoms with E-state index in [2.05, 4.69) is 9.98 Å². The molecule has 0 saturated carbocycles. The summed E-state index contributed by atoms with van der Waals surface area (Å²) in [6.07, 6.45) is 1.14. The second-order valence-electron chi connectivity index (χ2n) is 5.87. The number of fused-ring (bicyclic) bond motifs is 1. The maximum absolute atomic E-state index is 13.8. The van der Waals surface area contributed by atoms with Crippen molar-refractivity contribution in [2.45, 2.75) is 6.92 Å². The zero-order chi connectivity index (χ0) is 21.0. The van der Waals surface area contributed by atoms with Crippen LogP contribution < -0.4 is 0 Å². The van der Waals surface area contributed by atoms with E-state index in [1.165, 1.54) is 0 Å². The second kappa shape index (κ2) is 9.03. The predicted molar refractivity (Wildman–Crippen MR) is 112 cm³/mol. The van der Waals surface area contributed by atoms with Crippen molar-refractivity contribution in [3.05, 3.63) is 75.8 Å². The van der Waals surface area contributed by atoms with Crippen LogP contribution in [0, 0.1) is 5.82 Å². The molecule has 3 rings (SSSR count). The molecule has 1 N–H and O–H groups in total. The van der Waals surface area contributed by atoms with Crippen molar-refractivity contribution in [3.63, 3.8) is 0 Å². The van der Waals surface area contributed by atoms with Crippen molar-refractivity contribution in [2.75, 3.05) is 6.61 Å². The Bertz CT molecular complexity index is 1150. The molecular weight excluding hydrogens is 418 g/mol. The highest BCUT2D eigenvalue weighted by atomic mass is 35.5. The van der Waals surface area contributed by atoms with Gasteiger partial charge in [0.1, 0.15) is 16.5 Å². The van der Waals surface area contributed by atoms with Gasteiger partial charge in [0.25, 0.3) is 0 Å². The topological polar surface area (TPSA) is 71.8 Å². The zero-order valence-corrected chi connectivity index (χ0v) is 16.7. The lowest BCUT2D eigenvalue weighted by molar-refractivity contribution is -0.137. The molecule has 0 atom stereocenters. The maximum atomic E-state index is 13.8. The molecule has 1 heterocycles. The molecule has 0 bridgehead atoms. The predicted octanol–water partition coefficient (Wildman–Crippen LogP) is 5.92. The number of halogens is 3. The number of hydrogen-bond donors (Lipinski definition) is 1. The van der Waals surface area contributed by atoms with E-state index in [4.69, 9.17) is 27.9 Å². The number of esters is 1. The van der Waals surface area contributed by atoms with Gasteiger partial charge in [-0.25, -0.2) is 14.2 Å². The Morgan fingerprint density at radius 2 is 1.90 bits per heavy atom. The highest BCUT2D eigenvalue weighted by molar-refractivity contribution is 6.34. The van der Waals surface area contributed by atoms with Crippen LogP contribution in [0.5, 0.6) is 0 Å². The monoisotopic (exact) mass is 432 g/mol. The van der Waals surface area contributed by atoms with Crippen LogP contribution in [0.25, 0.3) is 16.5 Å². The van der Waals surface area contributed by atoms with Crippen molar-refractivity contribution in [1.82, 2.24) is 4.98 Å². The summed E-state index contributed by atoms with van der Waals surface area (Å²) in [5.41, 5.74) is 0.0387. The summed E-state index contributed by atoms with van der Waals surface area (Å²) < 4.78 is 18.8. The lowest BCUT2D eigenvalue weighted by atomic mass is 10.1. The summed E-state index contributed by atoms with van der Waals surface area (Å²) in [6, 6.07) is 14.1. The molecule has 3 aromatic rings. The number of aliphatic imine (C=N–C) groups is 1. The molecule has 1 aromatic heterocycles. The fraction of sp³-hybridized carbons (Fsp3) is 0.0952. The number of hydrogen-bond acceptors (Lipinski definition) is 5. The molecule has 0 amide bonds. The maximum Gasteiger partial charge on any atom is 0.343 e. The number of benzene rings is 2. The summed E-state index contributed by atoms with van der Waals surface area (Å²) >= 11 is 11.5. The highest BCUT2D eigenvalue weighted by Crippen LogP contribution is 2.27. The van der Waals surface area contributed by atoms with Gasteiger partial charge in [0, 0.05) is 6.21 Å². The van der Waals surface area contributed by atoms with Crippen molar-refractivity contribution in [3.8, 4) is 0 Å². The molecule has 0 radical (unpaired) electrons. The second-order valence-corrected chi connectivity index (χ2v) is 6.59. The minimum atomic E-state index is -0.896. The number of aliphatic hydroxyl groups excluding tert-OH is 1. The van der Waals surface area contributed by atoms with E-state index in [1.807, 2.05) is 36.4 Å². The molecule has 0 saturated heterocycles. The van der Waals surface area contributed by atoms with E-state index in [1.54, 1.807) is 13.0 Å². The quantitative estimate of drug-likeness (QED) is 0.178. The summed E-state index contributed by atoms with van der Waals surface area (Å²) in [5, 5.41) is 11.8. The van der Waals surface area contributed by atoms with Gasteiger partial charge in [-0.3, -0.25) is 4.99 Å². The lowest BCUT2D eigenvalue weighted by Gasteiger charge is -2.09. The Kier molecular flexibility index (Phi) is 6.46. The largest absolute Gasteiger partial charge is 0.506 e. The van der Waals surface area contributed by atoms with Crippen molar-refractivity contribution in [1.29, 1.82) is 0 Å². The molecular formula is C21H15Cl2FN2O3. The first-order valence-corrected chi connectivity index (χ1v) is 9.31. The number of ether oxygens (including phenoxy) is 1. The van der Waals surface area contributed by atoms with Gasteiger partial charge in [-0.15, -0.1) is 0 Å². The first-order valence-electron chi connectivity index (χ1n) is 8.56. The minimum Gasteiger partial charge on any atom is -0.506 e. The van der Waals surface area contributed by atoms with Crippen molar-refractivity contribution < 1.29 is 19.0 Å². The third-order valence-electron chi connectivity index (χ3n) is 3.97. The Morgan fingerprint density at radius 3 is 2.62 bits per heavy atom. The molecule has 8 heteroatoms. The number of aliphatic hydroxyl groups is 1. The van der Waals surface area contributed by atoms with Gasteiger partial charge in [0.05, 0.1) is 17.9 Å². The normalized spacial score (nSPS) is 12.3. The van der Waals surface area contributed by atoms with Gasteiger partial charge in [0.15, 0.2) is 11.0 Å². The average Bonchev–Trinajstić information content (AvgIpc) is 2.70. The van der Waals surface area contributed by atoms with Crippen LogP contribution in [-0.4, -0.2) is 28.9 Å². The number of rotatable bonds is 5. The van der Waals surface area contributed by atoms with Gasteiger partial charge in [-0.05, 0) is 35.9 Å².